The smallest absolute Gasteiger partial charge is 0.252 e. The van der Waals surface area contributed by atoms with Crippen molar-refractivity contribution in [1.29, 1.82) is 0 Å². The lowest BCUT2D eigenvalue weighted by Crippen LogP contribution is -2.61. The fourth-order valence-electron chi connectivity index (χ4n) is 7.25. The molecule has 0 amide bonds. The number of para-hydroxylation sites is 5. The second-order valence-electron chi connectivity index (χ2n) is 10.9. The van der Waals surface area contributed by atoms with E-state index >= 15 is 0 Å². The molecule has 0 unspecified atom stereocenters. The summed E-state index contributed by atoms with van der Waals surface area (Å²) in [6, 6.07) is 46.2. The van der Waals surface area contributed by atoms with E-state index in [1.54, 1.807) is 0 Å². The first-order valence-corrected chi connectivity index (χ1v) is 14.8. The average Bonchev–Trinajstić information content (AvgIpc) is 3.41. The molecule has 3 nitrogen and oxygen atoms in total. The Kier molecular flexibility index (Phi) is 4.20. The summed E-state index contributed by atoms with van der Waals surface area (Å²) in [6.45, 7) is 0.139. The lowest BCUT2D eigenvalue weighted by atomic mass is 9.33. The Hall–Kier alpha value is -4.87. The molecule has 10 rings (SSSR count). The molecule has 0 radical (unpaired) electrons. The molecule has 4 heterocycles. The van der Waals surface area contributed by atoms with Crippen molar-refractivity contribution < 1.29 is 4.42 Å². The number of hydrogen-bond acceptors (Lipinski definition) is 4. The van der Waals surface area contributed by atoms with Gasteiger partial charge in [-0.3, -0.25) is 0 Å². The van der Waals surface area contributed by atoms with Crippen molar-refractivity contribution >= 4 is 90.9 Å². The van der Waals surface area contributed by atoms with Gasteiger partial charge in [0.15, 0.2) is 5.58 Å². The van der Waals surface area contributed by atoms with Gasteiger partial charge in [0.2, 0.25) is 0 Å². The maximum absolute atomic E-state index is 6.58. The molecule has 0 saturated carbocycles. The average molecular weight is 540 g/mol. The molecule has 41 heavy (non-hydrogen) atoms. The van der Waals surface area contributed by atoms with Gasteiger partial charge in [-0.05, 0) is 64.9 Å². The first-order valence-electron chi connectivity index (χ1n) is 14.0. The van der Waals surface area contributed by atoms with E-state index in [-0.39, 0.29) is 6.71 Å². The van der Waals surface area contributed by atoms with Crippen LogP contribution in [0.2, 0.25) is 0 Å². The van der Waals surface area contributed by atoms with Gasteiger partial charge in [-0.15, -0.1) is 0 Å². The van der Waals surface area contributed by atoms with E-state index in [0.29, 0.717) is 0 Å². The lowest BCUT2D eigenvalue weighted by Gasteiger charge is -2.45. The second kappa shape index (κ2) is 7.87. The van der Waals surface area contributed by atoms with Crippen molar-refractivity contribution in [2.24, 2.45) is 0 Å². The molecule has 3 aliphatic rings. The van der Waals surface area contributed by atoms with Crippen molar-refractivity contribution in [2.45, 2.75) is 9.79 Å². The Morgan fingerprint density at radius 3 is 2.07 bits per heavy atom. The molecular formula is C36H21BN2OS. The summed E-state index contributed by atoms with van der Waals surface area (Å²) < 4.78 is 6.58. The van der Waals surface area contributed by atoms with E-state index in [2.05, 4.69) is 131 Å². The number of nitrogens with zero attached hydrogens (tertiary/aromatic N) is 2. The molecule has 0 N–H and O–H groups in total. The highest BCUT2D eigenvalue weighted by Crippen LogP contribution is 2.53. The van der Waals surface area contributed by atoms with Crippen LogP contribution in [-0.2, 0) is 0 Å². The van der Waals surface area contributed by atoms with Crippen molar-refractivity contribution in [3.8, 4) is 0 Å². The van der Waals surface area contributed by atoms with Crippen LogP contribution in [0.5, 0.6) is 0 Å². The topological polar surface area (TPSA) is 19.6 Å². The summed E-state index contributed by atoms with van der Waals surface area (Å²) in [7, 11) is 0. The predicted octanol–water partition coefficient (Wildman–Crippen LogP) is 8.13. The zero-order valence-corrected chi connectivity index (χ0v) is 22.7. The van der Waals surface area contributed by atoms with E-state index in [9.17, 15) is 0 Å². The first kappa shape index (κ1) is 21.9. The minimum Gasteiger partial charge on any atom is -0.454 e. The third kappa shape index (κ3) is 2.76. The maximum atomic E-state index is 6.58. The molecule has 5 heteroatoms. The molecule has 190 valence electrons. The molecular weight excluding hydrogens is 519 g/mol. The summed E-state index contributed by atoms with van der Waals surface area (Å²) in [5, 5.41) is 2.28. The van der Waals surface area contributed by atoms with Gasteiger partial charge in [-0.2, -0.15) is 0 Å². The highest BCUT2D eigenvalue weighted by atomic mass is 32.2. The predicted molar refractivity (Wildman–Crippen MR) is 172 cm³/mol. The summed E-state index contributed by atoms with van der Waals surface area (Å²) in [5.41, 5.74) is 13.1. The van der Waals surface area contributed by atoms with Crippen LogP contribution in [0.4, 0.5) is 34.1 Å². The quantitative estimate of drug-likeness (QED) is 0.196. The monoisotopic (exact) mass is 540 g/mol. The molecule has 6 aromatic carbocycles. The lowest BCUT2D eigenvalue weighted by molar-refractivity contribution is 0.669. The molecule has 0 saturated heterocycles. The summed E-state index contributed by atoms with van der Waals surface area (Å²) in [5.74, 6) is 0. The summed E-state index contributed by atoms with van der Waals surface area (Å²) >= 11 is 1.88. The van der Waals surface area contributed by atoms with Crippen molar-refractivity contribution in [1.82, 2.24) is 0 Å². The number of benzene rings is 6. The zero-order chi connectivity index (χ0) is 26.7. The van der Waals surface area contributed by atoms with Crippen LogP contribution in [0.15, 0.2) is 142 Å². The van der Waals surface area contributed by atoms with Gasteiger partial charge in [-0.1, -0.05) is 90.6 Å². The van der Waals surface area contributed by atoms with E-state index in [0.717, 1.165) is 27.6 Å². The van der Waals surface area contributed by atoms with Crippen molar-refractivity contribution in [3.05, 3.63) is 127 Å². The highest BCUT2D eigenvalue weighted by molar-refractivity contribution is 7.99. The number of rotatable bonds is 1. The van der Waals surface area contributed by atoms with Crippen molar-refractivity contribution in [2.75, 3.05) is 9.80 Å². The van der Waals surface area contributed by atoms with Crippen LogP contribution in [0, 0.1) is 0 Å². The Morgan fingerprint density at radius 1 is 0.488 bits per heavy atom. The number of hydrogen-bond donors (Lipinski definition) is 0. The maximum Gasteiger partial charge on any atom is 0.252 e. The number of furan rings is 1. The Labute approximate surface area is 241 Å². The van der Waals surface area contributed by atoms with E-state index in [1.807, 2.05) is 17.8 Å². The van der Waals surface area contributed by atoms with Gasteiger partial charge < -0.3 is 14.2 Å². The van der Waals surface area contributed by atoms with Crippen LogP contribution in [-0.4, -0.2) is 6.71 Å². The Balaban J connectivity index is 1.32. The minimum absolute atomic E-state index is 0.139. The summed E-state index contributed by atoms with van der Waals surface area (Å²) in [4.78, 5) is 7.52. The largest absolute Gasteiger partial charge is 0.454 e. The Bertz CT molecular complexity index is 2240. The van der Waals surface area contributed by atoms with E-state index in [1.165, 1.54) is 54.6 Å². The van der Waals surface area contributed by atoms with Crippen LogP contribution < -0.4 is 26.2 Å². The fraction of sp³-hybridized carbons (Fsp3) is 0. The van der Waals surface area contributed by atoms with Gasteiger partial charge in [0, 0.05) is 37.6 Å². The fourth-order valence-corrected chi connectivity index (χ4v) is 8.35. The van der Waals surface area contributed by atoms with E-state index in [4.69, 9.17) is 4.42 Å². The molecule has 3 aliphatic heterocycles. The Morgan fingerprint density at radius 2 is 1.12 bits per heavy atom. The number of anilines is 6. The minimum atomic E-state index is 0.139. The normalized spacial score (nSPS) is 14.1. The van der Waals surface area contributed by atoms with E-state index < -0.39 is 0 Å². The number of fused-ring (bicyclic) bond motifs is 9. The van der Waals surface area contributed by atoms with Crippen LogP contribution >= 0.6 is 11.8 Å². The van der Waals surface area contributed by atoms with Gasteiger partial charge in [0.1, 0.15) is 5.58 Å². The van der Waals surface area contributed by atoms with Crippen LogP contribution in [0.3, 0.4) is 0 Å². The third-order valence-corrected chi connectivity index (χ3v) is 9.95. The zero-order valence-electron chi connectivity index (χ0n) is 21.9. The third-order valence-electron chi connectivity index (χ3n) is 8.83. The molecule has 0 fully saturated rings. The first-order chi connectivity index (χ1) is 20.4. The van der Waals surface area contributed by atoms with Gasteiger partial charge >= 0.3 is 0 Å². The SMILES string of the molecule is c1ccc2c(c1)Sc1cccc3c1N2c1cccc2c1B3c1ccccc1N2c1cccc2c1oc1ccccc12. The second-order valence-corrected chi connectivity index (χ2v) is 12.0. The summed E-state index contributed by atoms with van der Waals surface area (Å²) in [6.07, 6.45) is 0. The van der Waals surface area contributed by atoms with Crippen LogP contribution in [0.25, 0.3) is 21.9 Å². The molecule has 0 atom stereocenters. The molecule has 7 aromatic rings. The van der Waals surface area contributed by atoms with Gasteiger partial charge in [0.25, 0.3) is 6.71 Å². The molecule has 1 aromatic heterocycles. The molecule has 0 spiro atoms. The molecule has 0 aliphatic carbocycles. The molecule has 0 bridgehead atoms. The van der Waals surface area contributed by atoms with Gasteiger partial charge in [-0.25, -0.2) is 0 Å². The van der Waals surface area contributed by atoms with Crippen molar-refractivity contribution in [3.63, 3.8) is 0 Å². The van der Waals surface area contributed by atoms with Gasteiger partial charge in [0.05, 0.1) is 17.1 Å². The highest BCUT2D eigenvalue weighted by Gasteiger charge is 2.45. The van der Waals surface area contributed by atoms with Crippen LogP contribution in [0.1, 0.15) is 0 Å². The standard InChI is InChI=1S/C36H21BN2OS/c1-5-19-31-22(10-1)23-11-7-18-30(36(23)40-31)38-26-14-3-2-12-24(26)37-25-13-8-21-33-35(25)39(27-15-4-6-20-32(27)41-33)29-17-9-16-28(38)34(29)37/h1-21H.